The summed E-state index contributed by atoms with van der Waals surface area (Å²) in [6.07, 6.45) is 6.26. The quantitative estimate of drug-likeness (QED) is 0.403. The molecule has 2 aliphatic heterocycles. The second-order valence-corrected chi connectivity index (χ2v) is 10.8. The zero-order valence-corrected chi connectivity index (χ0v) is 20.6. The van der Waals surface area contributed by atoms with Crippen molar-refractivity contribution in [3.05, 3.63) is 39.7 Å². The van der Waals surface area contributed by atoms with Gasteiger partial charge in [-0.1, -0.05) is 0 Å². The summed E-state index contributed by atoms with van der Waals surface area (Å²) >= 11 is 1.74. The van der Waals surface area contributed by atoms with E-state index in [2.05, 4.69) is 45.9 Å². The van der Waals surface area contributed by atoms with Crippen LogP contribution in [0.3, 0.4) is 0 Å². The number of ether oxygens (including phenoxy) is 1. The first-order chi connectivity index (χ1) is 16.9. The summed E-state index contributed by atoms with van der Waals surface area (Å²) in [4.78, 5) is 32.4. The van der Waals surface area contributed by atoms with Gasteiger partial charge in [-0.3, -0.25) is 19.8 Å². The summed E-state index contributed by atoms with van der Waals surface area (Å²) in [6.45, 7) is 7.01. The smallest absolute Gasteiger partial charge is 0.254 e. The van der Waals surface area contributed by atoms with E-state index in [0.717, 1.165) is 55.1 Å². The monoisotopic (exact) mass is 492 g/mol. The fraction of sp³-hybridized carbons (Fsp3) is 0.440. The molecule has 182 valence electrons. The molecule has 2 atom stereocenters. The van der Waals surface area contributed by atoms with Gasteiger partial charge in [-0.25, -0.2) is 4.98 Å². The lowest BCUT2D eigenvalue weighted by molar-refractivity contribution is -0.124. The van der Waals surface area contributed by atoms with E-state index in [-0.39, 0.29) is 30.4 Å². The van der Waals surface area contributed by atoms with Crippen molar-refractivity contribution in [1.82, 2.24) is 24.8 Å². The Morgan fingerprint density at radius 3 is 2.74 bits per heavy atom. The van der Waals surface area contributed by atoms with Gasteiger partial charge < -0.3 is 10.1 Å². The third-order valence-corrected chi connectivity index (χ3v) is 7.40. The molecule has 3 aromatic rings. The van der Waals surface area contributed by atoms with Crippen LogP contribution in [0.25, 0.3) is 23.0 Å². The maximum atomic E-state index is 12.1. The predicted octanol–water partition coefficient (Wildman–Crippen LogP) is 3.07. The molecule has 3 fully saturated rings. The molecule has 6 rings (SSSR count). The summed E-state index contributed by atoms with van der Waals surface area (Å²) in [6, 6.07) is 4.71. The average Bonchev–Trinajstić information content (AvgIpc) is 3.18. The Balaban J connectivity index is 1.33. The Kier molecular flexibility index (Phi) is 5.66. The van der Waals surface area contributed by atoms with E-state index in [1.807, 2.05) is 6.07 Å². The summed E-state index contributed by atoms with van der Waals surface area (Å²) in [5.74, 6) is 0.251. The molecule has 2 N–H and O–H groups in total. The lowest BCUT2D eigenvalue weighted by Gasteiger charge is -2.34. The first-order valence-corrected chi connectivity index (χ1v) is 12.9. The van der Waals surface area contributed by atoms with Gasteiger partial charge in [0.2, 0.25) is 5.91 Å². The standard InChI is InChI=1S/C25H28N6O3S/c1-14-10-30(11-15(2)34-14)12-20-6-18(13-35-20)21-8-22(27-19-3-4-19)31-24(28-21)17(9-26-31)5-16-7-23(32)29-25(16)33/h5-6,8-9,13-15,19,27H,3-4,7,10-12H2,1-2H3,(H,29,32,33)/b16-5+. The molecular weight excluding hydrogens is 464 g/mol. The van der Waals surface area contributed by atoms with Crippen LogP contribution in [0.2, 0.25) is 0 Å². The van der Waals surface area contributed by atoms with Gasteiger partial charge in [0.1, 0.15) is 5.82 Å². The first-order valence-electron chi connectivity index (χ1n) is 12.1. The first kappa shape index (κ1) is 22.4. The second-order valence-electron chi connectivity index (χ2n) is 9.76. The highest BCUT2D eigenvalue weighted by molar-refractivity contribution is 7.10. The van der Waals surface area contributed by atoms with E-state index in [1.165, 1.54) is 4.88 Å². The molecule has 3 aromatic heterocycles. The van der Waals surface area contributed by atoms with Crippen molar-refractivity contribution in [1.29, 1.82) is 0 Å². The normalized spacial score (nSPS) is 24.5. The van der Waals surface area contributed by atoms with Crippen LogP contribution < -0.4 is 10.6 Å². The van der Waals surface area contributed by atoms with Crippen molar-refractivity contribution in [2.75, 3.05) is 18.4 Å². The van der Waals surface area contributed by atoms with Crippen LogP contribution in [0.4, 0.5) is 5.82 Å². The van der Waals surface area contributed by atoms with Gasteiger partial charge in [0, 0.05) is 58.7 Å². The molecule has 10 heteroatoms. The van der Waals surface area contributed by atoms with E-state index >= 15 is 0 Å². The number of nitrogens with one attached hydrogen (secondary N) is 2. The van der Waals surface area contributed by atoms with Crippen LogP contribution in [0.1, 0.15) is 43.6 Å². The van der Waals surface area contributed by atoms with Crippen molar-refractivity contribution < 1.29 is 14.3 Å². The molecule has 5 heterocycles. The summed E-state index contributed by atoms with van der Waals surface area (Å²) in [5, 5.41) is 12.6. The lowest BCUT2D eigenvalue weighted by Crippen LogP contribution is -2.44. The number of amides is 2. The second kappa shape index (κ2) is 8.85. The number of anilines is 1. The summed E-state index contributed by atoms with van der Waals surface area (Å²) in [7, 11) is 0. The molecule has 9 nitrogen and oxygen atoms in total. The van der Waals surface area contributed by atoms with Crippen molar-refractivity contribution in [3.63, 3.8) is 0 Å². The van der Waals surface area contributed by atoms with E-state index in [0.29, 0.717) is 17.3 Å². The molecule has 0 spiro atoms. The number of hydrogen-bond donors (Lipinski definition) is 2. The van der Waals surface area contributed by atoms with Gasteiger partial charge in [0.05, 0.1) is 30.5 Å². The van der Waals surface area contributed by atoms with Crippen LogP contribution in [0.15, 0.2) is 29.3 Å². The number of carbonyl (C=O) groups is 2. The van der Waals surface area contributed by atoms with Crippen molar-refractivity contribution in [2.24, 2.45) is 0 Å². The number of carbonyl (C=O) groups excluding carboxylic acids is 2. The molecule has 0 aromatic carbocycles. The topological polar surface area (TPSA) is 101 Å². The average molecular weight is 493 g/mol. The van der Waals surface area contributed by atoms with Crippen LogP contribution in [0, 0.1) is 0 Å². The van der Waals surface area contributed by atoms with Crippen molar-refractivity contribution in [3.8, 4) is 11.3 Å². The third-order valence-electron chi connectivity index (χ3n) is 6.48. The van der Waals surface area contributed by atoms with Gasteiger partial charge in [-0.15, -0.1) is 11.3 Å². The highest BCUT2D eigenvalue weighted by Crippen LogP contribution is 2.32. The minimum absolute atomic E-state index is 0.0791. The highest BCUT2D eigenvalue weighted by Gasteiger charge is 2.26. The van der Waals surface area contributed by atoms with E-state index < -0.39 is 0 Å². The molecule has 35 heavy (non-hydrogen) atoms. The predicted molar refractivity (Wildman–Crippen MR) is 134 cm³/mol. The largest absolute Gasteiger partial charge is 0.373 e. The van der Waals surface area contributed by atoms with Gasteiger partial charge >= 0.3 is 0 Å². The van der Waals surface area contributed by atoms with Gasteiger partial charge in [-0.2, -0.15) is 9.61 Å². The minimum atomic E-state index is -0.351. The molecule has 2 unspecified atom stereocenters. The van der Waals surface area contributed by atoms with Crippen LogP contribution in [0.5, 0.6) is 0 Å². The molecule has 2 amide bonds. The van der Waals surface area contributed by atoms with Crippen molar-refractivity contribution >= 4 is 40.7 Å². The Morgan fingerprint density at radius 2 is 2.03 bits per heavy atom. The van der Waals surface area contributed by atoms with Crippen LogP contribution >= 0.6 is 11.3 Å². The maximum Gasteiger partial charge on any atom is 0.254 e. The molecule has 0 bridgehead atoms. The minimum Gasteiger partial charge on any atom is -0.373 e. The number of aromatic nitrogens is 3. The third kappa shape index (κ3) is 4.73. The fourth-order valence-electron chi connectivity index (χ4n) is 4.81. The fourth-order valence-corrected chi connectivity index (χ4v) is 5.73. The van der Waals surface area contributed by atoms with Crippen LogP contribution in [-0.4, -0.2) is 62.7 Å². The molecule has 3 aliphatic rings. The van der Waals surface area contributed by atoms with E-state index in [1.54, 1.807) is 28.1 Å². The summed E-state index contributed by atoms with van der Waals surface area (Å²) in [5.41, 5.74) is 3.74. The maximum absolute atomic E-state index is 12.1. The van der Waals surface area contributed by atoms with Crippen molar-refractivity contribution in [2.45, 2.75) is 57.9 Å². The number of hydrogen-bond acceptors (Lipinski definition) is 8. The summed E-state index contributed by atoms with van der Waals surface area (Å²) < 4.78 is 7.66. The Labute approximate surface area is 207 Å². The van der Waals surface area contributed by atoms with Gasteiger partial charge in [-0.05, 0) is 38.8 Å². The Morgan fingerprint density at radius 1 is 1.23 bits per heavy atom. The molecule has 1 aliphatic carbocycles. The zero-order chi connectivity index (χ0) is 24.1. The zero-order valence-electron chi connectivity index (χ0n) is 19.8. The SMILES string of the molecule is CC1CN(Cc2cc(-c3cc(NC4CC4)n4ncc(/C=C5\CC(=O)NC5=O)c4n3)cs2)CC(C)O1. The Hall–Kier alpha value is -3.08. The number of nitrogens with zero attached hydrogens (tertiary/aromatic N) is 4. The lowest BCUT2D eigenvalue weighted by atomic mass is 10.1. The van der Waals surface area contributed by atoms with E-state index in [4.69, 9.17) is 9.72 Å². The molecular formula is C25H28N6O3S. The van der Waals surface area contributed by atoms with Crippen LogP contribution in [-0.2, 0) is 20.9 Å². The molecule has 2 saturated heterocycles. The molecule has 1 saturated carbocycles. The van der Waals surface area contributed by atoms with Gasteiger partial charge in [0.25, 0.3) is 5.91 Å². The highest BCUT2D eigenvalue weighted by atomic mass is 32.1. The van der Waals surface area contributed by atoms with E-state index in [9.17, 15) is 9.59 Å². The number of imide groups is 1. The van der Waals surface area contributed by atoms with Gasteiger partial charge in [0.15, 0.2) is 5.65 Å². The Bertz CT molecular complexity index is 1330. The number of thiophene rings is 1. The number of fused-ring (bicyclic) bond motifs is 1. The molecule has 0 radical (unpaired) electrons. The number of rotatable bonds is 6. The number of morpholine rings is 1.